The van der Waals surface area contributed by atoms with Crippen LogP contribution in [0.1, 0.15) is 105 Å². The first-order valence-corrected chi connectivity index (χ1v) is 22.8. The molecule has 0 amide bonds. The number of hydrogen-bond acceptors (Lipinski definition) is 2. The number of benzene rings is 7. The van der Waals surface area contributed by atoms with E-state index in [0.717, 1.165) is 0 Å². The molecule has 0 radical (unpaired) electrons. The molecule has 0 saturated heterocycles. The van der Waals surface area contributed by atoms with Gasteiger partial charge in [-0.25, -0.2) is 0 Å². The van der Waals surface area contributed by atoms with Gasteiger partial charge in [-0.1, -0.05) is 179 Å². The summed E-state index contributed by atoms with van der Waals surface area (Å²) in [6.07, 6.45) is 0. The third-order valence-corrected chi connectivity index (χ3v) is 14.5. The van der Waals surface area contributed by atoms with Crippen molar-refractivity contribution in [3.63, 3.8) is 0 Å². The van der Waals surface area contributed by atoms with Crippen molar-refractivity contribution >= 4 is 80.3 Å². The Hall–Kier alpha value is -5.73. The topological polar surface area (TPSA) is 6.48 Å². The average molecular weight is 805 g/mol. The van der Waals surface area contributed by atoms with Crippen LogP contribution in [0.15, 0.2) is 133 Å². The van der Waals surface area contributed by atoms with Gasteiger partial charge in [-0.15, -0.1) is 0 Å². The van der Waals surface area contributed by atoms with Crippen molar-refractivity contribution in [2.45, 2.75) is 105 Å². The minimum absolute atomic E-state index is 0.0450. The lowest BCUT2D eigenvalue weighted by molar-refractivity contribution is 0.590. The molecule has 0 fully saturated rings. The first-order chi connectivity index (χ1) is 29.3. The first-order valence-electron chi connectivity index (χ1n) is 22.8. The molecular formula is C58H58B2N2. The summed E-state index contributed by atoms with van der Waals surface area (Å²) in [5, 5.41) is 0. The van der Waals surface area contributed by atoms with E-state index < -0.39 is 0 Å². The van der Waals surface area contributed by atoms with E-state index in [1.54, 1.807) is 0 Å². The maximum atomic E-state index is 2.60. The Bertz CT molecular complexity index is 2780. The van der Waals surface area contributed by atoms with Crippen LogP contribution >= 0.6 is 0 Å². The zero-order valence-corrected chi connectivity index (χ0v) is 38.8. The molecule has 4 aliphatic rings. The van der Waals surface area contributed by atoms with Crippen molar-refractivity contribution in [1.29, 1.82) is 0 Å². The van der Waals surface area contributed by atoms with Gasteiger partial charge in [0.05, 0.1) is 0 Å². The summed E-state index contributed by atoms with van der Waals surface area (Å²) in [6, 6.07) is 52.8. The molecule has 306 valence electrons. The Labute approximate surface area is 371 Å². The molecular weight excluding hydrogens is 746 g/mol. The van der Waals surface area contributed by atoms with Gasteiger partial charge < -0.3 is 9.80 Å². The van der Waals surface area contributed by atoms with Crippen LogP contribution in [0.5, 0.6) is 0 Å². The van der Waals surface area contributed by atoms with Crippen LogP contribution in [0.2, 0.25) is 0 Å². The quantitative estimate of drug-likeness (QED) is 0.161. The minimum Gasteiger partial charge on any atom is -0.312 e. The molecule has 2 nitrogen and oxygen atoms in total. The van der Waals surface area contributed by atoms with Gasteiger partial charge in [-0.2, -0.15) is 0 Å². The Balaban J connectivity index is 1.22. The Morgan fingerprint density at radius 3 is 0.984 bits per heavy atom. The SMILES string of the molecule is CC(C)(C)c1ccc(N2c3cc4c(cc3B3c5ccc(C(C)(C)C)cc5-c5cccc2c53)N(c2ccc(C(C)(C)C)cc2)c2cccc3c2B4c2ccc(C(C)(C)C)cc2-3)cc1. The fourth-order valence-corrected chi connectivity index (χ4v) is 11.0. The van der Waals surface area contributed by atoms with E-state index in [1.165, 1.54) is 111 Å². The van der Waals surface area contributed by atoms with Crippen LogP contribution < -0.4 is 42.6 Å². The zero-order valence-electron chi connectivity index (χ0n) is 38.8. The summed E-state index contributed by atoms with van der Waals surface area (Å²) in [6.45, 7) is 28.0. The first kappa shape index (κ1) is 39.1. The predicted molar refractivity (Wildman–Crippen MR) is 271 cm³/mol. The van der Waals surface area contributed by atoms with Gasteiger partial charge in [0.1, 0.15) is 0 Å². The molecule has 7 aromatic rings. The van der Waals surface area contributed by atoms with Crippen LogP contribution in [0.4, 0.5) is 34.1 Å². The number of fused-ring (bicyclic) bond motifs is 10. The summed E-state index contributed by atoms with van der Waals surface area (Å²) in [7, 11) is 0. The third-order valence-electron chi connectivity index (χ3n) is 14.5. The summed E-state index contributed by atoms with van der Waals surface area (Å²) < 4.78 is 0. The van der Waals surface area contributed by atoms with Crippen LogP contribution in [0.3, 0.4) is 0 Å². The number of anilines is 6. The molecule has 4 heteroatoms. The highest BCUT2D eigenvalue weighted by Crippen LogP contribution is 2.46. The molecule has 0 atom stereocenters. The molecule has 0 saturated carbocycles. The molecule has 62 heavy (non-hydrogen) atoms. The van der Waals surface area contributed by atoms with E-state index in [4.69, 9.17) is 0 Å². The molecule has 4 heterocycles. The maximum Gasteiger partial charge on any atom is 0.248 e. The molecule has 0 aliphatic carbocycles. The fraction of sp³-hybridized carbons (Fsp3) is 0.276. The lowest BCUT2D eigenvalue weighted by atomic mass is 9.34. The van der Waals surface area contributed by atoms with Gasteiger partial charge in [-0.05, 0) is 137 Å². The minimum atomic E-state index is 0.0450. The second kappa shape index (κ2) is 12.9. The molecule has 4 aliphatic heterocycles. The highest BCUT2D eigenvalue weighted by Gasteiger charge is 2.47. The summed E-state index contributed by atoms with van der Waals surface area (Å²) in [5.41, 5.74) is 27.0. The predicted octanol–water partition coefficient (Wildman–Crippen LogP) is 11.4. The highest BCUT2D eigenvalue weighted by atomic mass is 15.2. The molecule has 0 unspecified atom stereocenters. The largest absolute Gasteiger partial charge is 0.312 e. The normalized spacial score (nSPS) is 14.6. The van der Waals surface area contributed by atoms with E-state index in [9.17, 15) is 0 Å². The standard InChI is InChI=1S/C58H58B2N2/c1-55(2,3)35-19-25-39(26-20-35)61-49-17-13-15-41-43-31-37(57(7,8)9)23-29-45(43)59(53(41)49)47-34-52-48(33-51(47)61)60-46-30-24-38(58(10,11)12)32-44(46)42-16-14-18-50(54(42)60)62(52)40-27-21-36(22-28-40)56(4,5)6/h13-34H,1-12H3. The summed E-state index contributed by atoms with van der Waals surface area (Å²) in [4.78, 5) is 5.19. The highest BCUT2D eigenvalue weighted by molar-refractivity contribution is 7.03. The molecule has 7 aromatic carbocycles. The van der Waals surface area contributed by atoms with Crippen LogP contribution in [-0.2, 0) is 21.7 Å². The molecule has 0 aromatic heterocycles. The van der Waals surface area contributed by atoms with Crippen LogP contribution in [0.25, 0.3) is 22.3 Å². The van der Waals surface area contributed by atoms with Crippen molar-refractivity contribution in [3.05, 3.63) is 156 Å². The molecule has 0 spiro atoms. The van der Waals surface area contributed by atoms with Crippen molar-refractivity contribution in [2.24, 2.45) is 0 Å². The van der Waals surface area contributed by atoms with Crippen molar-refractivity contribution < 1.29 is 0 Å². The van der Waals surface area contributed by atoms with Crippen LogP contribution in [0, 0.1) is 0 Å². The molecule has 0 N–H and O–H groups in total. The average Bonchev–Trinajstić information content (AvgIpc) is 3.74. The monoisotopic (exact) mass is 804 g/mol. The third kappa shape index (κ3) is 5.71. The van der Waals surface area contributed by atoms with E-state index in [2.05, 4.69) is 226 Å². The van der Waals surface area contributed by atoms with Crippen molar-refractivity contribution in [2.75, 3.05) is 9.80 Å². The van der Waals surface area contributed by atoms with Crippen molar-refractivity contribution in [1.82, 2.24) is 0 Å². The Morgan fingerprint density at radius 2 is 0.645 bits per heavy atom. The van der Waals surface area contributed by atoms with Gasteiger partial charge in [0.25, 0.3) is 0 Å². The lowest BCUT2D eigenvalue weighted by Crippen LogP contribution is -2.59. The van der Waals surface area contributed by atoms with E-state index in [-0.39, 0.29) is 35.1 Å². The van der Waals surface area contributed by atoms with Gasteiger partial charge in [-0.3, -0.25) is 0 Å². The van der Waals surface area contributed by atoms with Crippen LogP contribution in [-0.4, -0.2) is 13.4 Å². The van der Waals surface area contributed by atoms with Gasteiger partial charge in [0.2, 0.25) is 13.4 Å². The summed E-state index contributed by atoms with van der Waals surface area (Å²) >= 11 is 0. The maximum absolute atomic E-state index is 2.60. The number of hydrogen-bond donors (Lipinski definition) is 0. The lowest BCUT2D eigenvalue weighted by Gasteiger charge is -2.41. The Morgan fingerprint density at radius 1 is 0.306 bits per heavy atom. The number of nitrogens with zero attached hydrogens (tertiary/aromatic N) is 2. The van der Waals surface area contributed by atoms with E-state index in [1.807, 2.05) is 0 Å². The molecule has 0 bridgehead atoms. The summed E-state index contributed by atoms with van der Waals surface area (Å²) in [5.74, 6) is 0. The van der Waals surface area contributed by atoms with E-state index in [0.29, 0.717) is 0 Å². The van der Waals surface area contributed by atoms with Gasteiger partial charge in [0, 0.05) is 34.1 Å². The number of rotatable bonds is 2. The smallest absolute Gasteiger partial charge is 0.248 e. The van der Waals surface area contributed by atoms with Gasteiger partial charge in [0.15, 0.2) is 0 Å². The Kier molecular flexibility index (Phi) is 8.15. The fourth-order valence-electron chi connectivity index (χ4n) is 11.0. The van der Waals surface area contributed by atoms with Crippen molar-refractivity contribution in [3.8, 4) is 22.3 Å². The molecule has 11 rings (SSSR count). The zero-order chi connectivity index (χ0) is 43.4. The van der Waals surface area contributed by atoms with Gasteiger partial charge >= 0.3 is 0 Å². The van der Waals surface area contributed by atoms with E-state index >= 15 is 0 Å². The second-order valence-corrected chi connectivity index (χ2v) is 22.7. The second-order valence-electron chi connectivity index (χ2n) is 22.7.